The first-order valence-electron chi connectivity index (χ1n) is 10.1. The molecule has 1 amide bonds. The van der Waals surface area contributed by atoms with Gasteiger partial charge in [-0.05, 0) is 34.5 Å². The van der Waals surface area contributed by atoms with Gasteiger partial charge in [0.15, 0.2) is 0 Å². The number of ether oxygens (including phenoxy) is 1. The number of fused-ring (bicyclic) bond motifs is 2. The Kier molecular flexibility index (Phi) is 5.09. The molecular formula is C24H21FN2O2S. The third kappa shape index (κ3) is 4.00. The van der Waals surface area contributed by atoms with Crippen molar-refractivity contribution in [1.82, 2.24) is 9.88 Å². The number of carbonyl (C=O) groups excluding carboxylic acids is 1. The summed E-state index contributed by atoms with van der Waals surface area (Å²) in [6, 6.07) is 18.9. The molecule has 4 nitrogen and oxygen atoms in total. The van der Waals surface area contributed by atoms with Crippen LogP contribution < -0.4 is 4.74 Å². The summed E-state index contributed by atoms with van der Waals surface area (Å²) in [5, 5.41) is 2.91. The Bertz CT molecular complexity index is 1210. The molecule has 0 saturated carbocycles. The Hall–Kier alpha value is -2.99. The van der Waals surface area contributed by atoms with Crippen LogP contribution in [0.15, 0.2) is 60.7 Å². The summed E-state index contributed by atoms with van der Waals surface area (Å²) in [5.74, 6) is -0.116. The lowest BCUT2D eigenvalue weighted by Crippen LogP contribution is -2.42. The molecule has 0 spiro atoms. The van der Waals surface area contributed by atoms with Crippen LogP contribution in [0.1, 0.15) is 18.4 Å². The number of piperidine rings is 1. The van der Waals surface area contributed by atoms with E-state index in [2.05, 4.69) is 29.2 Å². The van der Waals surface area contributed by atoms with E-state index in [-0.39, 0.29) is 17.8 Å². The molecule has 5 rings (SSSR count). The van der Waals surface area contributed by atoms with Gasteiger partial charge in [0.25, 0.3) is 5.19 Å². The minimum absolute atomic E-state index is 0.0279. The van der Waals surface area contributed by atoms with Crippen LogP contribution in [-0.4, -0.2) is 35.0 Å². The summed E-state index contributed by atoms with van der Waals surface area (Å²) in [6.45, 7) is 1.35. The first-order valence-corrected chi connectivity index (χ1v) is 10.9. The van der Waals surface area contributed by atoms with Crippen molar-refractivity contribution >= 4 is 38.2 Å². The fourth-order valence-corrected chi connectivity index (χ4v) is 4.83. The first kappa shape index (κ1) is 19.0. The van der Waals surface area contributed by atoms with Gasteiger partial charge in [-0.25, -0.2) is 9.37 Å². The number of thiazole rings is 1. The van der Waals surface area contributed by atoms with Crippen LogP contribution in [-0.2, 0) is 11.2 Å². The van der Waals surface area contributed by atoms with E-state index in [0.717, 1.165) is 34.0 Å². The molecular weight excluding hydrogens is 399 g/mol. The van der Waals surface area contributed by atoms with E-state index < -0.39 is 0 Å². The van der Waals surface area contributed by atoms with E-state index in [0.29, 0.717) is 24.7 Å². The zero-order chi connectivity index (χ0) is 20.5. The largest absolute Gasteiger partial charge is 0.467 e. The molecule has 0 atom stereocenters. The van der Waals surface area contributed by atoms with Crippen LogP contribution >= 0.6 is 11.3 Å². The minimum atomic E-state index is -0.268. The van der Waals surface area contributed by atoms with Crippen LogP contribution in [0.25, 0.3) is 21.0 Å². The van der Waals surface area contributed by atoms with Crippen molar-refractivity contribution in [2.75, 3.05) is 13.1 Å². The van der Waals surface area contributed by atoms with Crippen molar-refractivity contribution in [3.63, 3.8) is 0 Å². The van der Waals surface area contributed by atoms with E-state index in [1.54, 1.807) is 6.07 Å². The average molecular weight is 421 g/mol. The molecule has 30 heavy (non-hydrogen) atoms. The number of nitrogens with zero attached hydrogens (tertiary/aromatic N) is 2. The van der Waals surface area contributed by atoms with Gasteiger partial charge in [-0.15, -0.1) is 0 Å². The lowest BCUT2D eigenvalue weighted by atomic mass is 10.0. The Balaban J connectivity index is 1.18. The molecule has 1 aliphatic heterocycles. The Morgan fingerprint density at radius 1 is 1.07 bits per heavy atom. The minimum Gasteiger partial charge on any atom is -0.467 e. The highest BCUT2D eigenvalue weighted by molar-refractivity contribution is 7.20. The van der Waals surface area contributed by atoms with Crippen LogP contribution in [0, 0.1) is 5.82 Å². The standard InChI is InChI=1S/C24H21FN2O2S/c25-19-7-8-21-22(15-19)30-24(26-21)29-20-9-11-27(12-10-20)23(28)14-16-5-6-17-3-1-2-4-18(17)13-16/h1-8,13,15,20H,9-12,14H2. The normalized spacial score (nSPS) is 15.0. The number of halogens is 1. The maximum absolute atomic E-state index is 13.4. The topological polar surface area (TPSA) is 42.4 Å². The zero-order valence-corrected chi connectivity index (χ0v) is 17.2. The molecule has 6 heteroatoms. The molecule has 1 fully saturated rings. The average Bonchev–Trinajstić information content (AvgIpc) is 3.15. The summed E-state index contributed by atoms with van der Waals surface area (Å²) in [5.41, 5.74) is 1.79. The predicted octanol–water partition coefficient (Wildman–Crippen LogP) is 5.20. The van der Waals surface area contributed by atoms with Gasteiger partial charge < -0.3 is 9.64 Å². The summed E-state index contributed by atoms with van der Waals surface area (Å²) in [7, 11) is 0. The summed E-state index contributed by atoms with van der Waals surface area (Å²) < 4.78 is 20.2. The molecule has 1 aromatic heterocycles. The van der Waals surface area contributed by atoms with Gasteiger partial charge in [-0.3, -0.25) is 4.79 Å². The number of likely N-dealkylation sites (tertiary alicyclic amines) is 1. The van der Waals surface area contributed by atoms with Crippen molar-refractivity contribution in [1.29, 1.82) is 0 Å². The highest BCUT2D eigenvalue weighted by Gasteiger charge is 2.25. The number of benzene rings is 3. The van der Waals surface area contributed by atoms with E-state index in [1.807, 2.05) is 23.1 Å². The third-order valence-electron chi connectivity index (χ3n) is 5.56. The molecule has 2 heterocycles. The van der Waals surface area contributed by atoms with Crippen molar-refractivity contribution in [2.24, 2.45) is 0 Å². The third-order valence-corrected chi connectivity index (χ3v) is 6.47. The number of amides is 1. The molecule has 0 aliphatic carbocycles. The molecule has 3 aromatic carbocycles. The summed E-state index contributed by atoms with van der Waals surface area (Å²) in [6.07, 6.45) is 1.99. The van der Waals surface area contributed by atoms with Crippen molar-refractivity contribution in [3.05, 3.63) is 72.0 Å². The molecule has 152 valence electrons. The first-order chi connectivity index (χ1) is 14.6. The monoisotopic (exact) mass is 420 g/mol. The number of rotatable bonds is 4. The van der Waals surface area contributed by atoms with Gasteiger partial charge in [0.05, 0.1) is 16.6 Å². The van der Waals surface area contributed by atoms with Crippen molar-refractivity contribution in [3.8, 4) is 5.19 Å². The SMILES string of the molecule is O=C(Cc1ccc2ccccc2c1)N1CCC(Oc2nc3ccc(F)cc3s2)CC1. The molecule has 0 radical (unpaired) electrons. The second kappa shape index (κ2) is 8.03. The lowest BCUT2D eigenvalue weighted by molar-refractivity contribution is -0.132. The highest BCUT2D eigenvalue weighted by atomic mass is 32.1. The second-order valence-electron chi connectivity index (χ2n) is 7.65. The van der Waals surface area contributed by atoms with E-state index >= 15 is 0 Å². The van der Waals surface area contributed by atoms with E-state index in [4.69, 9.17) is 4.74 Å². The lowest BCUT2D eigenvalue weighted by Gasteiger charge is -2.31. The van der Waals surface area contributed by atoms with Gasteiger partial charge in [0.1, 0.15) is 11.9 Å². The maximum Gasteiger partial charge on any atom is 0.274 e. The fraction of sp³-hybridized carbons (Fsp3) is 0.250. The molecule has 0 N–H and O–H groups in total. The van der Waals surface area contributed by atoms with Crippen LogP contribution in [0.4, 0.5) is 4.39 Å². The van der Waals surface area contributed by atoms with Crippen LogP contribution in [0.2, 0.25) is 0 Å². The van der Waals surface area contributed by atoms with Crippen molar-refractivity contribution in [2.45, 2.75) is 25.4 Å². The maximum atomic E-state index is 13.4. The Morgan fingerprint density at radius 3 is 2.70 bits per heavy atom. The summed E-state index contributed by atoms with van der Waals surface area (Å²) >= 11 is 1.36. The number of hydrogen-bond donors (Lipinski definition) is 0. The Labute approximate surface area is 177 Å². The highest BCUT2D eigenvalue weighted by Crippen LogP contribution is 2.30. The zero-order valence-electron chi connectivity index (χ0n) is 16.4. The van der Waals surface area contributed by atoms with Gasteiger partial charge >= 0.3 is 0 Å². The predicted molar refractivity (Wildman–Crippen MR) is 117 cm³/mol. The van der Waals surface area contributed by atoms with Gasteiger partial charge in [0.2, 0.25) is 5.91 Å². The number of aromatic nitrogens is 1. The second-order valence-corrected chi connectivity index (χ2v) is 8.64. The van der Waals surface area contributed by atoms with Crippen molar-refractivity contribution < 1.29 is 13.9 Å². The van der Waals surface area contributed by atoms with Crippen LogP contribution in [0.3, 0.4) is 0 Å². The molecule has 1 aliphatic rings. The number of carbonyl (C=O) groups is 1. The number of hydrogen-bond acceptors (Lipinski definition) is 4. The summed E-state index contributed by atoms with van der Waals surface area (Å²) in [4.78, 5) is 19.1. The van der Waals surface area contributed by atoms with Crippen LogP contribution in [0.5, 0.6) is 5.19 Å². The van der Waals surface area contributed by atoms with E-state index in [9.17, 15) is 9.18 Å². The fourth-order valence-electron chi connectivity index (χ4n) is 3.93. The molecule has 0 unspecified atom stereocenters. The molecule has 4 aromatic rings. The van der Waals surface area contributed by atoms with E-state index in [1.165, 1.54) is 28.9 Å². The van der Waals surface area contributed by atoms with Gasteiger partial charge in [-0.2, -0.15) is 0 Å². The molecule has 1 saturated heterocycles. The Morgan fingerprint density at radius 2 is 1.87 bits per heavy atom. The van der Waals surface area contributed by atoms with Gasteiger partial charge in [0, 0.05) is 25.9 Å². The smallest absolute Gasteiger partial charge is 0.274 e. The van der Waals surface area contributed by atoms with Gasteiger partial charge in [-0.1, -0.05) is 53.8 Å². The quantitative estimate of drug-likeness (QED) is 0.456. The molecule has 0 bridgehead atoms.